The number of ether oxygens (including phenoxy) is 1. The highest BCUT2D eigenvalue weighted by molar-refractivity contribution is 7.89. The maximum atomic E-state index is 13.2. The van der Waals surface area contributed by atoms with Crippen LogP contribution >= 0.6 is 0 Å². The van der Waals surface area contributed by atoms with Crippen LogP contribution < -0.4 is 14.8 Å². The van der Waals surface area contributed by atoms with Gasteiger partial charge in [-0.15, -0.1) is 0 Å². The number of carboxylic acids is 1. The van der Waals surface area contributed by atoms with Gasteiger partial charge in [0.2, 0.25) is 21.8 Å². The van der Waals surface area contributed by atoms with Gasteiger partial charge in [-0.3, -0.25) is 4.79 Å². The first-order valence-corrected chi connectivity index (χ1v) is 12.6. The van der Waals surface area contributed by atoms with E-state index in [4.69, 9.17) is 4.74 Å². The predicted molar refractivity (Wildman–Crippen MR) is 127 cm³/mol. The predicted octanol–water partition coefficient (Wildman–Crippen LogP) is 4.08. The lowest BCUT2D eigenvalue weighted by Crippen LogP contribution is -2.26. The second-order valence-corrected chi connectivity index (χ2v) is 11.7. The van der Waals surface area contributed by atoms with Gasteiger partial charge in [-0.05, 0) is 57.2 Å². The van der Waals surface area contributed by atoms with E-state index < -0.39 is 16.0 Å². The average Bonchev–Trinajstić information content (AvgIpc) is 3.42. The van der Waals surface area contributed by atoms with Gasteiger partial charge in [0.25, 0.3) is 0 Å². The summed E-state index contributed by atoms with van der Waals surface area (Å²) in [5, 5.41) is 16.3. The molecule has 34 heavy (non-hydrogen) atoms. The van der Waals surface area contributed by atoms with Crippen molar-refractivity contribution in [3.63, 3.8) is 0 Å². The molecule has 0 atom stereocenters. The van der Waals surface area contributed by atoms with E-state index in [9.17, 15) is 23.1 Å². The van der Waals surface area contributed by atoms with Crippen molar-refractivity contribution >= 4 is 27.6 Å². The summed E-state index contributed by atoms with van der Waals surface area (Å²) in [5.74, 6) is -1.30. The number of rotatable bonds is 9. The molecule has 1 aliphatic rings. The van der Waals surface area contributed by atoms with Crippen LogP contribution in [-0.4, -0.2) is 41.2 Å². The first kappa shape index (κ1) is 25.7. The summed E-state index contributed by atoms with van der Waals surface area (Å²) in [6, 6.07) is 3.98. The number of nitrogens with one attached hydrogen (secondary N) is 2. The molecule has 0 radical (unpaired) electrons. The van der Waals surface area contributed by atoms with E-state index >= 15 is 0 Å². The minimum absolute atomic E-state index is 0.00353. The third-order valence-electron chi connectivity index (χ3n) is 5.10. The van der Waals surface area contributed by atoms with Crippen LogP contribution in [0.15, 0.2) is 23.1 Å². The molecule has 0 bridgehead atoms. The van der Waals surface area contributed by atoms with Gasteiger partial charge in [0.05, 0.1) is 6.04 Å². The third kappa shape index (κ3) is 6.15. The molecule has 186 valence electrons. The summed E-state index contributed by atoms with van der Waals surface area (Å²) in [6.07, 6.45) is 1.76. The highest BCUT2D eigenvalue weighted by atomic mass is 32.2. The summed E-state index contributed by atoms with van der Waals surface area (Å²) in [5.41, 5.74) is 0.195. The van der Waals surface area contributed by atoms with E-state index in [1.807, 2.05) is 34.6 Å². The molecule has 0 saturated heterocycles. The van der Waals surface area contributed by atoms with Crippen LogP contribution in [0.3, 0.4) is 0 Å². The fourth-order valence-corrected chi connectivity index (χ4v) is 4.79. The molecule has 0 unspecified atom stereocenters. The third-order valence-corrected chi connectivity index (χ3v) is 6.64. The van der Waals surface area contributed by atoms with Crippen molar-refractivity contribution in [2.75, 3.05) is 5.32 Å². The van der Waals surface area contributed by atoms with Crippen LogP contribution in [0.25, 0.3) is 0 Å². The normalized spacial score (nSPS) is 14.3. The van der Waals surface area contributed by atoms with Gasteiger partial charge in [0, 0.05) is 23.7 Å². The Kier molecular flexibility index (Phi) is 7.09. The lowest BCUT2D eigenvalue weighted by molar-refractivity contribution is -0.117. The molecular weight excluding hydrogens is 460 g/mol. The summed E-state index contributed by atoms with van der Waals surface area (Å²) in [4.78, 5) is 23.8. The molecular formula is C23H32N4O6S. The number of aromatic carboxylic acids is 1. The molecule has 1 aromatic heterocycles. The molecule has 2 aromatic rings. The average molecular weight is 493 g/mol. The Labute approximate surface area is 199 Å². The van der Waals surface area contributed by atoms with Gasteiger partial charge in [-0.2, -0.15) is 5.10 Å². The molecule has 1 aromatic carbocycles. The van der Waals surface area contributed by atoms with Gasteiger partial charge in [-0.25, -0.2) is 22.6 Å². The molecule has 10 nitrogen and oxygen atoms in total. The molecule has 1 heterocycles. The summed E-state index contributed by atoms with van der Waals surface area (Å²) >= 11 is 0. The van der Waals surface area contributed by atoms with Crippen molar-refractivity contribution < 1.29 is 27.9 Å². The van der Waals surface area contributed by atoms with Gasteiger partial charge >= 0.3 is 5.97 Å². The van der Waals surface area contributed by atoms with Crippen molar-refractivity contribution in [3.05, 3.63) is 29.5 Å². The number of hydrogen-bond acceptors (Lipinski definition) is 6. The maximum Gasteiger partial charge on any atom is 0.356 e. The van der Waals surface area contributed by atoms with Crippen LogP contribution in [0.4, 0.5) is 5.69 Å². The summed E-state index contributed by atoms with van der Waals surface area (Å²) in [6.45, 7) is 11.0. The lowest BCUT2D eigenvalue weighted by atomic mass is 9.92. The van der Waals surface area contributed by atoms with Gasteiger partial charge in [0.1, 0.15) is 10.6 Å². The standard InChI is InChI=1S/C23H32N4O6S/c1-13(2)27-21(14(3)20(25-27)22(29)30)33-17-10-9-16(24-19(28)12-23(4,5)6)11-18(17)34(31,32)26-15-7-8-15/h9-11,13,15,26H,7-8,12H2,1-6H3,(H,24,28)(H,29,30). The second-order valence-electron chi connectivity index (χ2n) is 10.1. The number of benzene rings is 1. The first-order valence-electron chi connectivity index (χ1n) is 11.1. The molecule has 1 amide bonds. The Morgan fingerprint density at radius 3 is 2.44 bits per heavy atom. The monoisotopic (exact) mass is 492 g/mol. The molecule has 0 spiro atoms. The largest absolute Gasteiger partial charge is 0.476 e. The molecule has 1 fully saturated rings. The molecule has 0 aliphatic heterocycles. The fraction of sp³-hybridized carbons (Fsp3) is 0.522. The quantitative estimate of drug-likeness (QED) is 0.479. The topological polar surface area (TPSA) is 140 Å². The van der Waals surface area contributed by atoms with Crippen LogP contribution in [0.1, 0.15) is 76.0 Å². The number of carboxylic acid groups (broad SMARTS) is 1. The lowest BCUT2D eigenvalue weighted by Gasteiger charge is -2.19. The summed E-state index contributed by atoms with van der Waals surface area (Å²) in [7, 11) is -3.97. The van der Waals surface area contributed by atoms with Crippen molar-refractivity contribution in [1.82, 2.24) is 14.5 Å². The highest BCUT2D eigenvalue weighted by Crippen LogP contribution is 2.36. The Hall–Kier alpha value is -2.92. The van der Waals surface area contributed by atoms with Crippen molar-refractivity contribution in [3.8, 4) is 11.6 Å². The van der Waals surface area contributed by atoms with E-state index in [2.05, 4.69) is 15.1 Å². The number of nitrogens with zero attached hydrogens (tertiary/aromatic N) is 2. The SMILES string of the molecule is Cc1c(C(=O)O)nn(C(C)C)c1Oc1ccc(NC(=O)CC(C)(C)C)cc1S(=O)(=O)NC1CC1. The summed E-state index contributed by atoms with van der Waals surface area (Å²) < 4.78 is 36.3. The number of hydrogen-bond donors (Lipinski definition) is 3. The van der Waals surface area contributed by atoms with E-state index in [1.54, 1.807) is 13.0 Å². The molecule has 1 aliphatic carbocycles. The number of aromatic nitrogens is 2. The van der Waals surface area contributed by atoms with Crippen LogP contribution in [0.2, 0.25) is 0 Å². The van der Waals surface area contributed by atoms with E-state index in [1.165, 1.54) is 16.8 Å². The molecule has 1 saturated carbocycles. The van der Waals surface area contributed by atoms with Crippen molar-refractivity contribution in [1.29, 1.82) is 0 Å². The molecule has 11 heteroatoms. The number of anilines is 1. The first-order chi connectivity index (χ1) is 15.7. The minimum Gasteiger partial charge on any atom is -0.476 e. The van der Waals surface area contributed by atoms with Gasteiger partial charge in [0.15, 0.2) is 5.69 Å². The number of carbonyl (C=O) groups is 2. The Morgan fingerprint density at radius 1 is 1.26 bits per heavy atom. The van der Waals surface area contributed by atoms with Crippen molar-refractivity contribution in [2.24, 2.45) is 5.41 Å². The zero-order valence-electron chi connectivity index (χ0n) is 20.3. The van der Waals surface area contributed by atoms with Crippen LogP contribution in [0, 0.1) is 12.3 Å². The van der Waals surface area contributed by atoms with Crippen molar-refractivity contribution in [2.45, 2.75) is 77.8 Å². The smallest absolute Gasteiger partial charge is 0.356 e. The fourth-order valence-electron chi connectivity index (χ4n) is 3.33. The minimum atomic E-state index is -3.97. The Balaban J connectivity index is 2.04. The number of carbonyl (C=O) groups excluding carboxylic acids is 1. The van der Waals surface area contributed by atoms with Crippen LogP contribution in [0.5, 0.6) is 11.6 Å². The van der Waals surface area contributed by atoms with E-state index in [-0.39, 0.29) is 57.6 Å². The highest BCUT2D eigenvalue weighted by Gasteiger charge is 2.31. The molecule has 3 N–H and O–H groups in total. The second kappa shape index (κ2) is 9.38. The van der Waals surface area contributed by atoms with Crippen LogP contribution in [-0.2, 0) is 14.8 Å². The Morgan fingerprint density at radius 2 is 1.91 bits per heavy atom. The van der Waals surface area contributed by atoms with E-state index in [0.29, 0.717) is 5.69 Å². The maximum absolute atomic E-state index is 13.2. The van der Waals surface area contributed by atoms with Gasteiger partial charge < -0.3 is 15.2 Å². The number of sulfonamides is 1. The Bertz CT molecular complexity index is 1210. The zero-order valence-corrected chi connectivity index (χ0v) is 21.1. The zero-order chi connectivity index (χ0) is 25.4. The van der Waals surface area contributed by atoms with E-state index in [0.717, 1.165) is 12.8 Å². The van der Waals surface area contributed by atoms with Gasteiger partial charge in [-0.1, -0.05) is 20.8 Å². The number of amides is 1. The molecule has 3 rings (SSSR count).